The molecule has 3 fully saturated rings. The van der Waals surface area contributed by atoms with Gasteiger partial charge in [0.05, 0.1) is 25.2 Å². The van der Waals surface area contributed by atoms with Gasteiger partial charge in [0.2, 0.25) is 5.91 Å². The Morgan fingerprint density at radius 3 is 2.65 bits per heavy atom. The molecular weight excluding hydrogens is 526 g/mol. The summed E-state index contributed by atoms with van der Waals surface area (Å²) >= 11 is 0. The molecule has 14 heteroatoms. The number of likely N-dealkylation sites (N-methyl/N-ethyl adjacent to an activating group) is 1. The van der Waals surface area contributed by atoms with Crippen LogP contribution in [0.5, 0.6) is 0 Å². The summed E-state index contributed by atoms with van der Waals surface area (Å²) in [6.45, 7) is 2.62. The molecule has 2 aliphatic carbocycles. The molecule has 0 aromatic carbocycles. The Bertz CT molecular complexity index is 876. The van der Waals surface area contributed by atoms with Gasteiger partial charge in [-0.1, -0.05) is 0 Å². The predicted molar refractivity (Wildman–Crippen MR) is 142 cm³/mol. The molecule has 11 N–H and O–H groups in total. The number of nitrogens with two attached hydrogens (primary N) is 2. The molecule has 2 saturated carbocycles. The number of rotatable bonds is 12. The highest BCUT2D eigenvalue weighted by molar-refractivity contribution is 5.81. The lowest BCUT2D eigenvalue weighted by atomic mass is 9.83. The maximum absolute atomic E-state index is 12.5. The second-order valence-corrected chi connectivity index (χ2v) is 11.6. The highest BCUT2D eigenvalue weighted by atomic mass is 16.7. The second-order valence-electron chi connectivity index (χ2n) is 11.6. The minimum absolute atomic E-state index is 0.129. The first-order valence-corrected chi connectivity index (χ1v) is 14.2. The van der Waals surface area contributed by atoms with E-state index in [1.165, 1.54) is 19.8 Å². The van der Waals surface area contributed by atoms with Crippen LogP contribution in [0.2, 0.25) is 0 Å². The van der Waals surface area contributed by atoms with Gasteiger partial charge in [0.25, 0.3) is 0 Å². The quantitative estimate of drug-likeness (QED) is 0.112. The number of amides is 1. The molecule has 0 radical (unpaired) electrons. The van der Waals surface area contributed by atoms with E-state index < -0.39 is 72.7 Å². The summed E-state index contributed by atoms with van der Waals surface area (Å²) in [5, 5.41) is 51.8. The zero-order valence-electron chi connectivity index (χ0n) is 23.3. The lowest BCUT2D eigenvalue weighted by molar-refractivity contribution is -0.303. The smallest absolute Gasteiger partial charge is 0.250 e. The number of hydrogen-bond donors (Lipinski definition) is 9. The van der Waals surface area contributed by atoms with Crippen molar-refractivity contribution in [2.75, 3.05) is 33.3 Å². The Labute approximate surface area is 234 Å². The van der Waals surface area contributed by atoms with Crippen molar-refractivity contribution in [2.24, 2.45) is 17.4 Å². The molecule has 11 atom stereocenters. The minimum Gasteiger partial charge on any atom is -0.468 e. The van der Waals surface area contributed by atoms with Crippen molar-refractivity contribution in [3.63, 3.8) is 0 Å². The van der Waals surface area contributed by atoms with Crippen LogP contribution in [0.4, 0.5) is 0 Å². The largest absolute Gasteiger partial charge is 0.468 e. The normalized spacial score (nSPS) is 41.1. The summed E-state index contributed by atoms with van der Waals surface area (Å²) in [6.07, 6.45) is -2.11. The van der Waals surface area contributed by atoms with Gasteiger partial charge < -0.3 is 66.8 Å². The molecule has 0 aromatic heterocycles. The van der Waals surface area contributed by atoms with Crippen molar-refractivity contribution in [3.8, 4) is 0 Å². The van der Waals surface area contributed by atoms with Gasteiger partial charge >= 0.3 is 0 Å². The first kappa shape index (κ1) is 31.5. The molecule has 2 heterocycles. The molecule has 0 spiro atoms. The summed E-state index contributed by atoms with van der Waals surface area (Å²) in [5.74, 6) is 0.766. The van der Waals surface area contributed by atoms with Crippen LogP contribution in [0.3, 0.4) is 0 Å². The maximum Gasteiger partial charge on any atom is 0.250 e. The second kappa shape index (κ2) is 13.7. The van der Waals surface area contributed by atoms with Gasteiger partial charge in [-0.3, -0.25) is 4.79 Å². The fraction of sp³-hybridized carbons (Fsp3) is 0.885. The van der Waals surface area contributed by atoms with Gasteiger partial charge in [0, 0.05) is 19.0 Å². The Morgan fingerprint density at radius 1 is 1.23 bits per heavy atom. The van der Waals surface area contributed by atoms with E-state index in [0.29, 0.717) is 13.0 Å². The number of aliphatic hydroxyl groups excluding tert-OH is 3. The Hall–Kier alpha value is -1.43. The molecule has 2 aliphatic heterocycles. The van der Waals surface area contributed by atoms with Crippen molar-refractivity contribution < 1.29 is 44.2 Å². The highest BCUT2D eigenvalue weighted by Crippen LogP contribution is 2.32. The van der Waals surface area contributed by atoms with Crippen LogP contribution in [-0.4, -0.2) is 126 Å². The first-order chi connectivity index (χ1) is 19.0. The van der Waals surface area contributed by atoms with Gasteiger partial charge in [-0.15, -0.1) is 0 Å². The van der Waals surface area contributed by atoms with Crippen LogP contribution in [0, 0.1) is 5.92 Å². The lowest BCUT2D eigenvalue weighted by Crippen LogP contribution is -2.69. The van der Waals surface area contributed by atoms with E-state index in [1.807, 2.05) is 6.08 Å². The SMILES string of the molecule is CN[C@@H]1[C@@H](O)[C@@H](O[C@@H]2[C@@H](O)[C@H](O[C@@H]3CCC=C(CNCC4CC4)O3)[C@@H](N)C[C@H]2NC(=O)[C@@H](O)CN)OC[C@]1(C)O. The number of nitrogens with one attached hydrogen (secondary N) is 3. The van der Waals surface area contributed by atoms with E-state index in [0.717, 1.165) is 24.6 Å². The topological polar surface area (TPSA) is 223 Å². The zero-order chi connectivity index (χ0) is 29.0. The van der Waals surface area contributed by atoms with Crippen LogP contribution in [0.15, 0.2) is 11.8 Å². The third-order valence-electron chi connectivity index (χ3n) is 8.10. The maximum atomic E-state index is 12.5. The molecule has 40 heavy (non-hydrogen) atoms. The number of carbonyl (C=O) groups excluding carboxylic acids is 1. The average Bonchev–Trinajstić information content (AvgIpc) is 3.74. The van der Waals surface area contributed by atoms with Crippen LogP contribution in [0.25, 0.3) is 0 Å². The van der Waals surface area contributed by atoms with Crippen LogP contribution in [0.1, 0.15) is 39.0 Å². The summed E-state index contributed by atoms with van der Waals surface area (Å²) in [5.41, 5.74) is 10.5. The lowest BCUT2D eigenvalue weighted by Gasteiger charge is -2.48. The van der Waals surface area contributed by atoms with Gasteiger partial charge in [-0.25, -0.2) is 0 Å². The Kier molecular flexibility index (Phi) is 10.8. The zero-order valence-corrected chi connectivity index (χ0v) is 23.3. The first-order valence-electron chi connectivity index (χ1n) is 14.2. The molecule has 1 saturated heterocycles. The number of allylic oxidation sites excluding steroid dienone is 1. The van der Waals surface area contributed by atoms with E-state index in [2.05, 4.69) is 16.0 Å². The van der Waals surface area contributed by atoms with Gasteiger partial charge in [0.15, 0.2) is 12.6 Å². The number of aliphatic hydroxyl groups is 4. The molecule has 4 rings (SSSR count). The average molecular weight is 574 g/mol. The predicted octanol–water partition coefficient (Wildman–Crippen LogP) is -3.27. The summed E-state index contributed by atoms with van der Waals surface area (Å²) in [4.78, 5) is 12.5. The van der Waals surface area contributed by atoms with E-state index >= 15 is 0 Å². The highest BCUT2D eigenvalue weighted by Gasteiger charge is 2.51. The van der Waals surface area contributed by atoms with Crippen LogP contribution >= 0.6 is 0 Å². The van der Waals surface area contributed by atoms with E-state index in [9.17, 15) is 25.2 Å². The molecule has 0 bridgehead atoms. The number of hydrogen-bond acceptors (Lipinski definition) is 13. The summed E-state index contributed by atoms with van der Waals surface area (Å²) < 4.78 is 23.9. The van der Waals surface area contributed by atoms with Crippen LogP contribution < -0.4 is 27.4 Å². The molecule has 4 aliphatic rings. The molecule has 0 aromatic rings. The minimum atomic E-state index is -1.46. The number of ether oxygens (including phenoxy) is 4. The monoisotopic (exact) mass is 573 g/mol. The van der Waals surface area contributed by atoms with Crippen molar-refractivity contribution in [3.05, 3.63) is 11.8 Å². The van der Waals surface area contributed by atoms with Crippen LogP contribution in [-0.2, 0) is 23.7 Å². The summed E-state index contributed by atoms with van der Waals surface area (Å²) in [6, 6.07) is -2.37. The van der Waals surface area contributed by atoms with Gasteiger partial charge in [-0.2, -0.15) is 0 Å². The van der Waals surface area contributed by atoms with E-state index in [-0.39, 0.29) is 19.6 Å². The molecule has 1 amide bonds. The number of carbonyl (C=O) groups is 1. The van der Waals surface area contributed by atoms with Crippen molar-refractivity contribution in [1.29, 1.82) is 0 Å². The third-order valence-corrected chi connectivity index (χ3v) is 8.10. The van der Waals surface area contributed by atoms with E-state index in [4.69, 9.17) is 30.4 Å². The molecule has 14 nitrogen and oxygen atoms in total. The van der Waals surface area contributed by atoms with Crippen molar-refractivity contribution in [2.45, 2.75) is 106 Å². The standard InChI is InChI=1S/C26H47N5O9/c1-26(36)12-37-25(20(34)23(26)29-2)40-22-16(31-24(35)17(32)9-27)8-15(28)21(19(22)33)39-18-5-3-4-14(38-18)11-30-10-13-6-7-13/h4,13,15-23,25,29-30,32-34,36H,3,5-12,27-28H2,1-2H3,(H,31,35)/t15-,16+,17-,18+,19-,20+,21+,22-,23+,25+,26-/m0/s1. The fourth-order valence-corrected chi connectivity index (χ4v) is 5.61. The summed E-state index contributed by atoms with van der Waals surface area (Å²) in [7, 11) is 1.59. The van der Waals surface area contributed by atoms with Crippen molar-refractivity contribution >= 4 is 5.91 Å². The molecule has 0 unspecified atom stereocenters. The fourth-order valence-electron chi connectivity index (χ4n) is 5.61. The van der Waals surface area contributed by atoms with E-state index in [1.54, 1.807) is 7.05 Å². The third kappa shape index (κ3) is 7.69. The van der Waals surface area contributed by atoms with Gasteiger partial charge in [0.1, 0.15) is 41.9 Å². The molecular formula is C26H47N5O9. The Balaban J connectivity index is 1.45. The Morgan fingerprint density at radius 2 is 1.98 bits per heavy atom. The molecule has 230 valence electrons. The van der Waals surface area contributed by atoms with Gasteiger partial charge in [-0.05, 0) is 58.2 Å². The van der Waals surface area contributed by atoms with Crippen molar-refractivity contribution in [1.82, 2.24) is 16.0 Å².